The van der Waals surface area contributed by atoms with E-state index in [0.717, 1.165) is 38.9 Å². The molecule has 0 spiro atoms. The van der Waals surface area contributed by atoms with Crippen molar-refractivity contribution >= 4 is 0 Å². The molecule has 2 bridgehead atoms. The van der Waals surface area contributed by atoms with Crippen LogP contribution in [-0.2, 0) is 11.3 Å². The first-order valence-electron chi connectivity index (χ1n) is 8.73. The van der Waals surface area contributed by atoms with Crippen LogP contribution in [0, 0.1) is 0 Å². The van der Waals surface area contributed by atoms with Crippen LogP contribution in [0.1, 0.15) is 31.2 Å². The lowest BCUT2D eigenvalue weighted by Gasteiger charge is -2.47. The molecule has 0 aliphatic carbocycles. The molecule has 0 amide bonds. The fourth-order valence-corrected chi connectivity index (χ4v) is 4.22. The van der Waals surface area contributed by atoms with Crippen LogP contribution in [0.15, 0.2) is 42.1 Å². The molecule has 3 nitrogen and oxygen atoms in total. The topological polar surface area (TPSA) is 15.7 Å². The highest BCUT2D eigenvalue weighted by molar-refractivity contribution is 5.19. The summed E-state index contributed by atoms with van der Waals surface area (Å²) in [6, 6.07) is 12.3. The molecular formula is C19H26N2O. The van der Waals surface area contributed by atoms with Gasteiger partial charge < -0.3 is 9.64 Å². The number of hydrogen-bond donors (Lipinski definition) is 0. The Morgan fingerprint density at radius 2 is 1.86 bits per heavy atom. The average Bonchev–Trinajstić information content (AvgIpc) is 2.56. The minimum atomic E-state index is 0.630. The Morgan fingerprint density at radius 3 is 2.64 bits per heavy atom. The molecule has 3 heterocycles. The van der Waals surface area contributed by atoms with Gasteiger partial charge in [0, 0.05) is 43.8 Å². The van der Waals surface area contributed by atoms with Gasteiger partial charge in [-0.2, -0.15) is 0 Å². The summed E-state index contributed by atoms with van der Waals surface area (Å²) >= 11 is 0. The van der Waals surface area contributed by atoms with Gasteiger partial charge in [0.1, 0.15) is 0 Å². The zero-order valence-electron chi connectivity index (χ0n) is 13.3. The zero-order valence-corrected chi connectivity index (χ0v) is 13.3. The second-order valence-corrected chi connectivity index (χ2v) is 6.77. The fourth-order valence-electron chi connectivity index (χ4n) is 4.22. The first-order chi connectivity index (χ1) is 10.9. The van der Waals surface area contributed by atoms with Gasteiger partial charge in [-0.25, -0.2) is 0 Å². The molecule has 22 heavy (non-hydrogen) atoms. The van der Waals surface area contributed by atoms with Crippen molar-refractivity contribution in [3.8, 4) is 0 Å². The third-order valence-corrected chi connectivity index (χ3v) is 5.39. The van der Waals surface area contributed by atoms with Crippen molar-refractivity contribution in [2.24, 2.45) is 0 Å². The van der Waals surface area contributed by atoms with E-state index in [-0.39, 0.29) is 0 Å². The highest BCUT2D eigenvalue weighted by Crippen LogP contribution is 2.35. The molecule has 3 heteroatoms. The normalized spacial score (nSPS) is 29.3. The number of nitrogens with zero attached hydrogens (tertiary/aromatic N) is 2. The van der Waals surface area contributed by atoms with Gasteiger partial charge in [-0.3, -0.25) is 4.90 Å². The molecule has 2 unspecified atom stereocenters. The number of piperidine rings is 1. The summed E-state index contributed by atoms with van der Waals surface area (Å²) in [6.07, 6.45) is 7.84. The summed E-state index contributed by atoms with van der Waals surface area (Å²) in [5, 5.41) is 0. The van der Waals surface area contributed by atoms with Crippen LogP contribution in [0.2, 0.25) is 0 Å². The molecule has 0 saturated carbocycles. The maximum atomic E-state index is 5.51. The molecular weight excluding hydrogens is 272 g/mol. The molecule has 0 aromatic heterocycles. The van der Waals surface area contributed by atoms with Crippen molar-refractivity contribution in [1.82, 2.24) is 9.80 Å². The number of benzene rings is 1. The largest absolute Gasteiger partial charge is 0.378 e. The molecule has 2 fully saturated rings. The van der Waals surface area contributed by atoms with Gasteiger partial charge in [0.2, 0.25) is 0 Å². The van der Waals surface area contributed by atoms with Crippen molar-refractivity contribution < 1.29 is 4.74 Å². The van der Waals surface area contributed by atoms with E-state index in [4.69, 9.17) is 4.74 Å². The predicted octanol–water partition coefficient (Wildman–Crippen LogP) is 3.03. The van der Waals surface area contributed by atoms with Gasteiger partial charge in [0.15, 0.2) is 0 Å². The SMILES string of the molecule is C1=C(N2CCOCC2)CC2CCCC1N2Cc1ccccc1. The van der Waals surface area contributed by atoms with Crippen LogP contribution >= 0.6 is 0 Å². The second kappa shape index (κ2) is 6.43. The average molecular weight is 298 g/mol. The minimum absolute atomic E-state index is 0.630. The Morgan fingerprint density at radius 1 is 1.05 bits per heavy atom. The van der Waals surface area contributed by atoms with Gasteiger partial charge in [-0.1, -0.05) is 36.8 Å². The molecule has 2 saturated heterocycles. The highest BCUT2D eigenvalue weighted by Gasteiger charge is 2.35. The summed E-state index contributed by atoms with van der Waals surface area (Å²) < 4.78 is 5.51. The van der Waals surface area contributed by atoms with E-state index in [0.29, 0.717) is 6.04 Å². The predicted molar refractivity (Wildman–Crippen MR) is 88.5 cm³/mol. The smallest absolute Gasteiger partial charge is 0.0642 e. The molecule has 3 aliphatic rings. The number of hydrogen-bond acceptors (Lipinski definition) is 3. The van der Waals surface area contributed by atoms with E-state index in [9.17, 15) is 0 Å². The monoisotopic (exact) mass is 298 g/mol. The molecule has 118 valence electrons. The maximum absolute atomic E-state index is 5.51. The molecule has 1 aromatic carbocycles. The first-order valence-corrected chi connectivity index (χ1v) is 8.73. The molecule has 0 radical (unpaired) electrons. The van der Waals surface area contributed by atoms with Crippen molar-refractivity contribution in [2.75, 3.05) is 26.3 Å². The van der Waals surface area contributed by atoms with E-state index in [1.807, 2.05) is 0 Å². The van der Waals surface area contributed by atoms with Gasteiger partial charge in [-0.15, -0.1) is 0 Å². The number of morpholine rings is 1. The Balaban J connectivity index is 1.51. The summed E-state index contributed by atoms with van der Waals surface area (Å²) in [7, 11) is 0. The Bertz CT molecular complexity index is 521. The van der Waals surface area contributed by atoms with Crippen LogP contribution < -0.4 is 0 Å². The lowest BCUT2D eigenvalue weighted by molar-refractivity contribution is 0.0353. The minimum Gasteiger partial charge on any atom is -0.378 e. The van der Waals surface area contributed by atoms with Gasteiger partial charge >= 0.3 is 0 Å². The van der Waals surface area contributed by atoms with Crippen LogP contribution in [0.4, 0.5) is 0 Å². The number of rotatable bonds is 3. The quantitative estimate of drug-likeness (QED) is 0.853. The fraction of sp³-hybridized carbons (Fsp3) is 0.579. The first kappa shape index (κ1) is 14.3. The number of ether oxygens (including phenoxy) is 1. The number of fused-ring (bicyclic) bond motifs is 2. The van der Waals surface area contributed by atoms with Crippen molar-refractivity contribution in [3.63, 3.8) is 0 Å². The van der Waals surface area contributed by atoms with E-state index in [1.54, 1.807) is 5.70 Å². The molecule has 2 atom stereocenters. The van der Waals surface area contributed by atoms with Crippen molar-refractivity contribution in [2.45, 2.75) is 44.3 Å². The van der Waals surface area contributed by atoms with Gasteiger partial charge in [0.05, 0.1) is 13.2 Å². The van der Waals surface area contributed by atoms with Crippen LogP contribution in [0.5, 0.6) is 0 Å². The standard InChI is InChI=1S/C19H26N2O/c1-2-5-16(6-3-1)15-21-17-7-4-8-18(21)14-19(13-17)20-9-11-22-12-10-20/h1-3,5-6,13,17-18H,4,7-12,14-15H2. The lowest BCUT2D eigenvalue weighted by Crippen LogP contribution is -2.50. The lowest BCUT2D eigenvalue weighted by atomic mass is 9.86. The zero-order chi connectivity index (χ0) is 14.8. The summed E-state index contributed by atoms with van der Waals surface area (Å²) in [5.74, 6) is 0. The van der Waals surface area contributed by atoms with Crippen LogP contribution in [0.3, 0.4) is 0 Å². The summed E-state index contributed by atoms with van der Waals surface area (Å²) in [6.45, 7) is 5.03. The second-order valence-electron chi connectivity index (χ2n) is 6.77. The third-order valence-electron chi connectivity index (χ3n) is 5.39. The van der Waals surface area contributed by atoms with Crippen LogP contribution in [0.25, 0.3) is 0 Å². The molecule has 3 aliphatic heterocycles. The Kier molecular flexibility index (Phi) is 4.17. The van der Waals surface area contributed by atoms with Gasteiger partial charge in [-0.05, 0) is 24.5 Å². The van der Waals surface area contributed by atoms with Crippen LogP contribution in [-0.4, -0.2) is 48.2 Å². The third kappa shape index (κ3) is 2.92. The summed E-state index contributed by atoms with van der Waals surface area (Å²) in [4.78, 5) is 5.30. The Labute approximate surface area is 133 Å². The Hall–Kier alpha value is -1.32. The summed E-state index contributed by atoms with van der Waals surface area (Å²) in [5.41, 5.74) is 3.03. The molecule has 4 rings (SSSR count). The van der Waals surface area contributed by atoms with Gasteiger partial charge in [0.25, 0.3) is 0 Å². The maximum Gasteiger partial charge on any atom is 0.0642 e. The molecule has 1 aromatic rings. The van der Waals surface area contributed by atoms with E-state index >= 15 is 0 Å². The van der Waals surface area contributed by atoms with Crippen molar-refractivity contribution in [1.29, 1.82) is 0 Å². The van der Waals surface area contributed by atoms with E-state index in [1.165, 1.54) is 31.2 Å². The molecule has 0 N–H and O–H groups in total. The highest BCUT2D eigenvalue weighted by atomic mass is 16.5. The van der Waals surface area contributed by atoms with Crippen molar-refractivity contribution in [3.05, 3.63) is 47.7 Å². The van der Waals surface area contributed by atoms with E-state index in [2.05, 4.69) is 46.2 Å². The van der Waals surface area contributed by atoms with E-state index < -0.39 is 0 Å².